The summed E-state index contributed by atoms with van der Waals surface area (Å²) in [7, 11) is -3.68. The zero-order valence-corrected chi connectivity index (χ0v) is 18.1. The highest BCUT2D eigenvalue weighted by Crippen LogP contribution is 2.26. The molecular formula is C21H25ClN2O5S. The lowest BCUT2D eigenvalue weighted by molar-refractivity contribution is -0.149. The van der Waals surface area contributed by atoms with Crippen molar-refractivity contribution < 1.29 is 23.2 Å². The molecule has 0 aliphatic carbocycles. The molecule has 0 radical (unpaired) electrons. The fourth-order valence-electron chi connectivity index (χ4n) is 3.45. The molecule has 30 heavy (non-hydrogen) atoms. The highest BCUT2D eigenvalue weighted by Gasteiger charge is 2.31. The summed E-state index contributed by atoms with van der Waals surface area (Å²) in [5.74, 6) is 0. The van der Waals surface area contributed by atoms with Gasteiger partial charge in [0.1, 0.15) is 0 Å². The minimum Gasteiger partial charge on any atom is -0.373 e. The molecular weight excluding hydrogens is 428 g/mol. The van der Waals surface area contributed by atoms with Crippen LogP contribution in [0.15, 0.2) is 53.4 Å². The summed E-state index contributed by atoms with van der Waals surface area (Å²) in [4.78, 5) is 10.8. The van der Waals surface area contributed by atoms with Crippen LogP contribution in [0.4, 0.5) is 0 Å². The Morgan fingerprint density at radius 2 is 1.73 bits per heavy atom. The van der Waals surface area contributed by atoms with Gasteiger partial charge >= 0.3 is 0 Å². The Kier molecular flexibility index (Phi) is 7.85. The maximum atomic E-state index is 13.2. The van der Waals surface area contributed by atoms with Crippen molar-refractivity contribution in [2.45, 2.75) is 36.9 Å². The second-order valence-corrected chi connectivity index (χ2v) is 9.45. The number of hydroxylamine groups is 2. The molecule has 1 aliphatic rings. The van der Waals surface area contributed by atoms with Crippen molar-refractivity contribution in [3.05, 3.63) is 64.7 Å². The fraction of sp³-hybridized carbons (Fsp3) is 0.381. The number of nitrogens with zero attached hydrogens (tertiary/aromatic N) is 2. The van der Waals surface area contributed by atoms with Crippen molar-refractivity contribution in [3.8, 4) is 0 Å². The van der Waals surface area contributed by atoms with Crippen LogP contribution in [0.5, 0.6) is 0 Å². The van der Waals surface area contributed by atoms with Crippen molar-refractivity contribution in [2.75, 3.05) is 19.6 Å². The van der Waals surface area contributed by atoms with Gasteiger partial charge in [0.2, 0.25) is 16.4 Å². The molecule has 0 saturated carbocycles. The number of sulfonamides is 1. The molecule has 3 rings (SSSR count). The zero-order chi connectivity index (χ0) is 21.6. The number of halogens is 1. The Morgan fingerprint density at radius 3 is 2.40 bits per heavy atom. The van der Waals surface area contributed by atoms with Gasteiger partial charge in [-0.1, -0.05) is 48.0 Å². The van der Waals surface area contributed by atoms with Crippen LogP contribution in [-0.2, 0) is 32.6 Å². The Balaban J connectivity index is 1.61. The van der Waals surface area contributed by atoms with E-state index in [-0.39, 0.29) is 24.0 Å². The van der Waals surface area contributed by atoms with E-state index in [1.54, 1.807) is 24.3 Å². The number of carbonyl (C=O) groups excluding carboxylic acids is 1. The van der Waals surface area contributed by atoms with Gasteiger partial charge in [0.15, 0.2) is 0 Å². The number of piperidine rings is 1. The minimum atomic E-state index is -3.68. The third kappa shape index (κ3) is 5.59. The Labute approximate surface area is 181 Å². The van der Waals surface area contributed by atoms with Gasteiger partial charge in [-0.2, -0.15) is 4.31 Å². The first-order valence-electron chi connectivity index (χ1n) is 9.75. The van der Waals surface area contributed by atoms with Crippen LogP contribution in [0.25, 0.3) is 0 Å². The van der Waals surface area contributed by atoms with E-state index in [0.29, 0.717) is 54.6 Å². The molecule has 2 aromatic rings. The first kappa shape index (κ1) is 22.7. The van der Waals surface area contributed by atoms with Crippen LogP contribution in [0.1, 0.15) is 24.0 Å². The lowest BCUT2D eigenvalue weighted by atomic mass is 10.1. The highest BCUT2D eigenvalue weighted by atomic mass is 35.5. The molecule has 0 bridgehead atoms. The van der Waals surface area contributed by atoms with E-state index in [9.17, 15) is 18.4 Å². The van der Waals surface area contributed by atoms with Crippen molar-refractivity contribution in [2.24, 2.45) is 0 Å². The number of hydrogen-bond acceptors (Lipinski definition) is 5. The zero-order valence-electron chi connectivity index (χ0n) is 16.5. The summed E-state index contributed by atoms with van der Waals surface area (Å²) >= 11 is 6.16. The van der Waals surface area contributed by atoms with Crippen LogP contribution in [0, 0.1) is 0 Å². The van der Waals surface area contributed by atoms with Crippen molar-refractivity contribution in [1.29, 1.82) is 0 Å². The lowest BCUT2D eigenvalue weighted by Gasteiger charge is -2.31. The summed E-state index contributed by atoms with van der Waals surface area (Å²) in [6.07, 6.45) is 1.70. The van der Waals surface area contributed by atoms with Gasteiger partial charge in [-0.3, -0.25) is 10.0 Å². The summed E-state index contributed by atoms with van der Waals surface area (Å²) < 4.78 is 33.8. The average molecular weight is 453 g/mol. The topological polar surface area (TPSA) is 87.2 Å². The maximum absolute atomic E-state index is 13.2. The number of carbonyl (C=O) groups is 1. The Hall–Kier alpha value is -1.97. The Morgan fingerprint density at radius 1 is 1.10 bits per heavy atom. The largest absolute Gasteiger partial charge is 0.373 e. The lowest BCUT2D eigenvalue weighted by Crippen LogP contribution is -2.41. The third-order valence-electron chi connectivity index (χ3n) is 5.16. The summed E-state index contributed by atoms with van der Waals surface area (Å²) in [5, 5.41) is 10.5. The predicted octanol–water partition coefficient (Wildman–Crippen LogP) is 3.10. The maximum Gasteiger partial charge on any atom is 0.243 e. The number of hydrogen-bond donors (Lipinski definition) is 1. The number of rotatable bonds is 9. The van der Waals surface area contributed by atoms with Crippen LogP contribution in [0.3, 0.4) is 0 Å². The van der Waals surface area contributed by atoms with Crippen LogP contribution in [0.2, 0.25) is 5.02 Å². The smallest absolute Gasteiger partial charge is 0.243 e. The van der Waals surface area contributed by atoms with Crippen molar-refractivity contribution >= 4 is 28.0 Å². The van der Waals surface area contributed by atoms with E-state index in [2.05, 4.69) is 0 Å². The molecule has 2 aromatic carbocycles. The molecule has 1 amide bonds. The third-order valence-corrected chi connectivity index (χ3v) is 7.52. The van der Waals surface area contributed by atoms with E-state index >= 15 is 0 Å². The van der Waals surface area contributed by atoms with E-state index in [1.165, 1.54) is 4.31 Å². The second kappa shape index (κ2) is 10.4. The molecule has 1 fully saturated rings. The van der Waals surface area contributed by atoms with Gasteiger partial charge in [0.25, 0.3) is 0 Å². The molecule has 0 spiro atoms. The SMILES string of the molecule is O=CN(O)CCc1ccccc1S(=O)(=O)N1CCC(OCc2ccccc2Cl)CC1. The molecule has 0 atom stereocenters. The molecule has 7 nitrogen and oxygen atoms in total. The molecule has 0 unspecified atom stereocenters. The van der Waals surface area contributed by atoms with Crippen LogP contribution < -0.4 is 0 Å². The van der Waals surface area contributed by atoms with Gasteiger partial charge in [0, 0.05) is 18.1 Å². The molecule has 1 aliphatic heterocycles. The number of amides is 1. The van der Waals surface area contributed by atoms with E-state index in [1.807, 2.05) is 24.3 Å². The van der Waals surface area contributed by atoms with Crippen LogP contribution >= 0.6 is 11.6 Å². The van der Waals surface area contributed by atoms with E-state index in [0.717, 1.165) is 5.56 Å². The number of ether oxygens (including phenoxy) is 1. The molecule has 1 saturated heterocycles. The highest BCUT2D eigenvalue weighted by molar-refractivity contribution is 7.89. The quantitative estimate of drug-likeness (QED) is 0.359. The standard InChI is InChI=1S/C21H25ClN2O5S/c22-20-7-3-1-6-18(20)15-29-19-10-13-24(14-11-19)30(27,28)21-8-4-2-5-17(21)9-12-23(26)16-25/h1-8,16,19,26H,9-15H2. The molecule has 0 aromatic heterocycles. The first-order chi connectivity index (χ1) is 14.4. The van der Waals surface area contributed by atoms with E-state index < -0.39 is 10.0 Å². The summed E-state index contributed by atoms with van der Waals surface area (Å²) in [6, 6.07) is 14.2. The van der Waals surface area contributed by atoms with Gasteiger partial charge in [-0.05, 0) is 42.5 Å². The molecule has 1 N–H and O–H groups in total. The number of benzene rings is 2. The monoisotopic (exact) mass is 452 g/mol. The van der Waals surface area contributed by atoms with Gasteiger partial charge in [-0.15, -0.1) is 0 Å². The molecule has 1 heterocycles. The van der Waals surface area contributed by atoms with Gasteiger partial charge in [-0.25, -0.2) is 13.5 Å². The van der Waals surface area contributed by atoms with E-state index in [4.69, 9.17) is 16.3 Å². The Bertz CT molecular complexity index is 961. The first-order valence-corrected chi connectivity index (χ1v) is 11.6. The summed E-state index contributed by atoms with van der Waals surface area (Å²) in [5.41, 5.74) is 1.48. The molecule has 162 valence electrons. The minimum absolute atomic E-state index is 0.0218. The normalized spacial score (nSPS) is 15.8. The van der Waals surface area contributed by atoms with Crippen molar-refractivity contribution in [1.82, 2.24) is 9.37 Å². The summed E-state index contributed by atoms with van der Waals surface area (Å²) in [6.45, 7) is 1.15. The van der Waals surface area contributed by atoms with Gasteiger partial charge in [0.05, 0.1) is 24.2 Å². The average Bonchev–Trinajstić information content (AvgIpc) is 2.77. The molecule has 9 heteroatoms. The second-order valence-electron chi connectivity index (χ2n) is 7.13. The van der Waals surface area contributed by atoms with Crippen molar-refractivity contribution in [3.63, 3.8) is 0 Å². The fourth-order valence-corrected chi connectivity index (χ4v) is 5.36. The van der Waals surface area contributed by atoms with Crippen LogP contribution in [-0.4, -0.2) is 55.1 Å². The van der Waals surface area contributed by atoms with Gasteiger partial charge < -0.3 is 4.74 Å². The predicted molar refractivity (Wildman–Crippen MR) is 113 cm³/mol.